The number of hydrogen-bond donors (Lipinski definition) is 3. The molecule has 0 aliphatic carbocycles. The van der Waals surface area contributed by atoms with Gasteiger partial charge in [0.1, 0.15) is 0 Å². The van der Waals surface area contributed by atoms with Crippen molar-refractivity contribution in [3.8, 4) is 0 Å². The second-order valence-corrected chi connectivity index (χ2v) is 5.57. The van der Waals surface area contributed by atoms with E-state index >= 15 is 0 Å². The van der Waals surface area contributed by atoms with Crippen LogP contribution in [0.1, 0.15) is 31.5 Å². The molecule has 0 bridgehead atoms. The van der Waals surface area contributed by atoms with Gasteiger partial charge in [-0.05, 0) is 45.2 Å². The van der Waals surface area contributed by atoms with Crippen molar-refractivity contribution < 1.29 is 0 Å². The lowest BCUT2D eigenvalue weighted by Crippen LogP contribution is -2.38. The first kappa shape index (κ1) is 17.1. The van der Waals surface area contributed by atoms with E-state index in [2.05, 4.69) is 70.9 Å². The van der Waals surface area contributed by atoms with Crippen LogP contribution in [0.2, 0.25) is 0 Å². The van der Waals surface area contributed by atoms with Gasteiger partial charge in [-0.25, -0.2) is 0 Å². The van der Waals surface area contributed by atoms with Crippen LogP contribution in [0.5, 0.6) is 0 Å². The van der Waals surface area contributed by atoms with Crippen molar-refractivity contribution in [3.05, 3.63) is 47.7 Å². The van der Waals surface area contributed by atoms with Crippen LogP contribution in [0.25, 0.3) is 10.9 Å². The summed E-state index contributed by atoms with van der Waals surface area (Å²) in [6.07, 6.45) is 6.17. The number of aryl methyl sites for hydroxylation is 1. The summed E-state index contributed by atoms with van der Waals surface area (Å²) in [4.78, 5) is 8.05. The quantitative estimate of drug-likeness (QED) is 0.317. The molecule has 4 heteroatoms. The van der Waals surface area contributed by atoms with Crippen molar-refractivity contribution in [1.29, 1.82) is 0 Å². The van der Waals surface area contributed by atoms with E-state index in [0.717, 1.165) is 38.4 Å². The number of benzene rings is 1. The molecule has 23 heavy (non-hydrogen) atoms. The highest BCUT2D eigenvalue weighted by atomic mass is 15.2. The van der Waals surface area contributed by atoms with Gasteiger partial charge >= 0.3 is 0 Å². The van der Waals surface area contributed by atoms with Crippen molar-refractivity contribution in [2.75, 3.05) is 19.6 Å². The van der Waals surface area contributed by atoms with Crippen molar-refractivity contribution in [3.63, 3.8) is 0 Å². The first-order valence-corrected chi connectivity index (χ1v) is 8.45. The lowest BCUT2D eigenvalue weighted by molar-refractivity contribution is 0.798. The van der Waals surface area contributed by atoms with Crippen LogP contribution < -0.4 is 10.6 Å². The highest BCUT2D eigenvalue weighted by Crippen LogP contribution is 2.21. The summed E-state index contributed by atoms with van der Waals surface area (Å²) in [5.41, 5.74) is 3.85. The number of para-hydroxylation sites is 1. The van der Waals surface area contributed by atoms with Crippen LogP contribution in [-0.4, -0.2) is 30.6 Å². The predicted octanol–water partition coefficient (Wildman–Crippen LogP) is 3.54. The Hall–Kier alpha value is -2.23. The number of nitrogens with zero attached hydrogens (tertiary/aromatic N) is 1. The van der Waals surface area contributed by atoms with E-state index in [1.165, 1.54) is 22.2 Å². The summed E-state index contributed by atoms with van der Waals surface area (Å²) in [7, 11) is 0. The predicted molar refractivity (Wildman–Crippen MR) is 100 cm³/mol. The smallest absolute Gasteiger partial charge is 0.191 e. The molecular weight excluding hydrogens is 284 g/mol. The van der Waals surface area contributed by atoms with Crippen molar-refractivity contribution >= 4 is 16.9 Å². The van der Waals surface area contributed by atoms with E-state index in [0.29, 0.717) is 0 Å². The van der Waals surface area contributed by atoms with Crippen molar-refractivity contribution in [2.24, 2.45) is 4.99 Å². The number of guanidine groups is 1. The number of allylic oxidation sites excluding steroid dienone is 1. The summed E-state index contributed by atoms with van der Waals surface area (Å²) in [5, 5.41) is 8.05. The van der Waals surface area contributed by atoms with Gasteiger partial charge in [0.2, 0.25) is 0 Å². The molecule has 3 N–H and O–H groups in total. The number of nitrogens with one attached hydrogen (secondary N) is 3. The Morgan fingerprint density at radius 1 is 1.26 bits per heavy atom. The molecule has 0 atom stereocenters. The Morgan fingerprint density at radius 2 is 2.09 bits per heavy atom. The standard InChI is InChI=1S/C19H28N4/c1-4-6-9-13-21-19(20-5-2)22-14-12-16-15(3)23-18-11-8-7-10-17(16)18/h4,6-8,10-11,23H,5,9,12-14H2,1-3H3,(H2,20,21,22)/b6-4+. The highest BCUT2D eigenvalue weighted by molar-refractivity contribution is 5.84. The molecular formula is C19H28N4. The first-order chi connectivity index (χ1) is 11.3. The number of rotatable bonds is 7. The number of aromatic amines is 1. The third-order valence-corrected chi connectivity index (χ3v) is 3.84. The van der Waals surface area contributed by atoms with E-state index in [1.54, 1.807) is 0 Å². The van der Waals surface area contributed by atoms with E-state index in [1.807, 2.05) is 6.92 Å². The van der Waals surface area contributed by atoms with E-state index in [-0.39, 0.29) is 0 Å². The van der Waals surface area contributed by atoms with E-state index in [9.17, 15) is 0 Å². The summed E-state index contributed by atoms with van der Waals surface area (Å²) in [5.74, 6) is 0.898. The number of aliphatic imine (C=N–C) groups is 1. The third-order valence-electron chi connectivity index (χ3n) is 3.84. The number of aromatic nitrogens is 1. The van der Waals surface area contributed by atoms with Crippen LogP contribution in [0, 0.1) is 6.92 Å². The largest absolute Gasteiger partial charge is 0.358 e. The number of hydrogen-bond acceptors (Lipinski definition) is 1. The lowest BCUT2D eigenvalue weighted by Gasteiger charge is -2.11. The Kier molecular flexibility index (Phi) is 6.73. The van der Waals surface area contributed by atoms with Gasteiger partial charge in [-0.1, -0.05) is 30.4 Å². The molecule has 1 aromatic carbocycles. The molecule has 0 fully saturated rings. The number of H-pyrrole nitrogens is 1. The maximum Gasteiger partial charge on any atom is 0.191 e. The molecule has 0 spiro atoms. The fourth-order valence-electron chi connectivity index (χ4n) is 2.72. The Labute approximate surface area is 139 Å². The van der Waals surface area contributed by atoms with Gasteiger partial charge in [-0.3, -0.25) is 4.99 Å². The highest BCUT2D eigenvalue weighted by Gasteiger charge is 2.07. The minimum atomic E-state index is 0.811. The molecule has 0 aliphatic rings. The third kappa shape index (κ3) is 4.88. The fourth-order valence-corrected chi connectivity index (χ4v) is 2.72. The Bertz CT molecular complexity index is 667. The average Bonchev–Trinajstić information content (AvgIpc) is 2.87. The minimum Gasteiger partial charge on any atom is -0.358 e. The molecule has 0 saturated carbocycles. The molecule has 1 heterocycles. The molecule has 0 radical (unpaired) electrons. The minimum absolute atomic E-state index is 0.811. The molecule has 0 aliphatic heterocycles. The van der Waals surface area contributed by atoms with Crippen molar-refractivity contribution in [2.45, 2.75) is 33.6 Å². The topological polar surface area (TPSA) is 52.2 Å². The zero-order valence-corrected chi connectivity index (χ0v) is 14.4. The normalized spacial score (nSPS) is 12.2. The molecule has 0 saturated heterocycles. The fraction of sp³-hybridized carbons (Fsp3) is 0.421. The first-order valence-electron chi connectivity index (χ1n) is 8.45. The second-order valence-electron chi connectivity index (χ2n) is 5.57. The molecule has 2 rings (SSSR count). The Balaban J connectivity index is 1.94. The maximum atomic E-state index is 4.59. The van der Waals surface area contributed by atoms with E-state index < -0.39 is 0 Å². The van der Waals surface area contributed by atoms with Gasteiger partial charge in [0.25, 0.3) is 0 Å². The van der Waals surface area contributed by atoms with Crippen LogP contribution in [0.3, 0.4) is 0 Å². The molecule has 4 nitrogen and oxygen atoms in total. The molecule has 0 amide bonds. The van der Waals surface area contributed by atoms with Gasteiger partial charge in [0, 0.05) is 36.2 Å². The Morgan fingerprint density at radius 3 is 2.87 bits per heavy atom. The van der Waals surface area contributed by atoms with Crippen molar-refractivity contribution in [1.82, 2.24) is 15.6 Å². The molecule has 1 aromatic heterocycles. The summed E-state index contributed by atoms with van der Waals surface area (Å²) >= 11 is 0. The summed E-state index contributed by atoms with van der Waals surface area (Å²) < 4.78 is 0. The summed E-state index contributed by atoms with van der Waals surface area (Å²) in [6.45, 7) is 8.83. The average molecular weight is 312 g/mol. The van der Waals surface area contributed by atoms with Gasteiger partial charge in [-0.2, -0.15) is 0 Å². The van der Waals surface area contributed by atoms with E-state index in [4.69, 9.17) is 0 Å². The van der Waals surface area contributed by atoms with Crippen LogP contribution in [0.4, 0.5) is 0 Å². The second kappa shape index (κ2) is 9.03. The molecule has 2 aromatic rings. The van der Waals surface area contributed by atoms with Gasteiger partial charge < -0.3 is 15.6 Å². The van der Waals surface area contributed by atoms with Gasteiger partial charge in [0.15, 0.2) is 5.96 Å². The summed E-state index contributed by atoms with van der Waals surface area (Å²) in [6, 6.07) is 8.48. The zero-order chi connectivity index (χ0) is 16.5. The van der Waals surface area contributed by atoms with Gasteiger partial charge in [0.05, 0.1) is 0 Å². The van der Waals surface area contributed by atoms with Crippen LogP contribution in [0.15, 0.2) is 41.4 Å². The number of fused-ring (bicyclic) bond motifs is 1. The van der Waals surface area contributed by atoms with Crippen LogP contribution in [-0.2, 0) is 6.42 Å². The SMILES string of the molecule is C/C=C/CCN=C(NCC)NCCc1c(C)[nH]c2ccccc12. The lowest BCUT2D eigenvalue weighted by atomic mass is 10.1. The maximum absolute atomic E-state index is 4.59. The van der Waals surface area contributed by atoms with Crippen LogP contribution >= 0.6 is 0 Å². The monoisotopic (exact) mass is 312 g/mol. The molecule has 124 valence electrons. The molecule has 0 unspecified atom stereocenters. The zero-order valence-electron chi connectivity index (χ0n) is 14.4. The van der Waals surface area contributed by atoms with Gasteiger partial charge in [-0.15, -0.1) is 0 Å².